The van der Waals surface area contributed by atoms with E-state index in [0.29, 0.717) is 22.1 Å². The summed E-state index contributed by atoms with van der Waals surface area (Å²) in [6.45, 7) is 0. The number of thiazole rings is 1. The molecule has 0 radical (unpaired) electrons. The first-order chi connectivity index (χ1) is 18.7. The first-order valence-electron chi connectivity index (χ1n) is 11.1. The number of aromatic nitrogens is 1. The molecular formula is C27H20ClN3O6S2. The third-order valence-electron chi connectivity index (χ3n) is 5.26. The van der Waals surface area contributed by atoms with Crippen molar-refractivity contribution in [2.45, 2.75) is 4.90 Å². The summed E-state index contributed by atoms with van der Waals surface area (Å²) in [5.41, 5.74) is 1.66. The van der Waals surface area contributed by atoms with Crippen LogP contribution in [-0.4, -0.2) is 33.5 Å². The number of carbonyl (C=O) groups excluding carboxylic acids is 1. The minimum atomic E-state index is -4.26. The SMILES string of the molecule is COc1ccc(S(=O)(=O)Oc2c(Cl)cc(C=C(C#N)C(=O)Nc3nc(-c4ccccc4)cs3)cc2OC)cc1. The zero-order chi connectivity index (χ0) is 28.0. The van der Waals surface area contributed by atoms with E-state index in [2.05, 4.69) is 10.3 Å². The molecule has 3 aromatic carbocycles. The van der Waals surface area contributed by atoms with E-state index in [9.17, 15) is 18.5 Å². The molecule has 0 aliphatic heterocycles. The fourth-order valence-corrected chi connectivity index (χ4v) is 5.33. The van der Waals surface area contributed by atoms with Crippen LogP contribution in [0.15, 0.2) is 82.6 Å². The normalized spacial score (nSPS) is 11.4. The minimum absolute atomic E-state index is 0.0176. The molecule has 0 aliphatic rings. The monoisotopic (exact) mass is 581 g/mol. The van der Waals surface area contributed by atoms with E-state index < -0.39 is 16.0 Å². The molecule has 1 aromatic heterocycles. The van der Waals surface area contributed by atoms with Gasteiger partial charge in [0.05, 0.1) is 24.9 Å². The van der Waals surface area contributed by atoms with Gasteiger partial charge < -0.3 is 13.7 Å². The number of carbonyl (C=O) groups is 1. The van der Waals surface area contributed by atoms with Gasteiger partial charge in [-0.25, -0.2) is 4.98 Å². The Bertz CT molecular complexity index is 1680. The molecule has 39 heavy (non-hydrogen) atoms. The molecule has 9 nitrogen and oxygen atoms in total. The van der Waals surface area contributed by atoms with Crippen LogP contribution < -0.4 is 19.0 Å². The average molecular weight is 582 g/mol. The van der Waals surface area contributed by atoms with Gasteiger partial charge in [0, 0.05) is 10.9 Å². The highest BCUT2D eigenvalue weighted by atomic mass is 35.5. The molecule has 0 saturated carbocycles. The molecular weight excluding hydrogens is 562 g/mol. The van der Waals surface area contributed by atoms with Gasteiger partial charge in [0.2, 0.25) is 5.75 Å². The Hall–Kier alpha value is -4.37. The smallest absolute Gasteiger partial charge is 0.339 e. The number of ether oxygens (including phenoxy) is 2. The van der Waals surface area contributed by atoms with Gasteiger partial charge in [0.15, 0.2) is 10.9 Å². The Kier molecular flexibility index (Phi) is 8.51. The zero-order valence-electron chi connectivity index (χ0n) is 20.5. The Balaban J connectivity index is 1.56. The number of nitrogens with zero attached hydrogens (tertiary/aromatic N) is 2. The molecule has 4 aromatic rings. The molecule has 0 saturated heterocycles. The van der Waals surface area contributed by atoms with Crippen LogP contribution in [0.2, 0.25) is 5.02 Å². The number of hydrogen-bond acceptors (Lipinski definition) is 9. The standard InChI is InChI=1S/C27H20ClN3O6S2/c1-35-20-8-10-21(11-9-20)39(33,34)37-25-22(28)13-17(14-24(25)36-2)12-19(15-29)26(32)31-27-30-23(16-38-27)18-6-4-3-5-7-18/h3-14,16H,1-2H3,(H,30,31,32). The van der Waals surface area contributed by atoms with Gasteiger partial charge in [-0.1, -0.05) is 41.9 Å². The van der Waals surface area contributed by atoms with Crippen molar-refractivity contribution in [1.29, 1.82) is 5.26 Å². The lowest BCUT2D eigenvalue weighted by molar-refractivity contribution is -0.112. The molecule has 1 heterocycles. The summed E-state index contributed by atoms with van der Waals surface area (Å²) in [5, 5.41) is 14.2. The average Bonchev–Trinajstić information content (AvgIpc) is 3.41. The minimum Gasteiger partial charge on any atom is -0.497 e. The number of methoxy groups -OCH3 is 2. The molecule has 1 amide bonds. The van der Waals surface area contributed by atoms with Crippen molar-refractivity contribution in [3.63, 3.8) is 0 Å². The molecule has 0 spiro atoms. The zero-order valence-corrected chi connectivity index (χ0v) is 22.9. The molecule has 4 rings (SSSR count). The van der Waals surface area contributed by atoms with E-state index in [1.165, 1.54) is 68.0 Å². The van der Waals surface area contributed by atoms with Gasteiger partial charge in [-0.05, 0) is 48.0 Å². The quantitative estimate of drug-likeness (QED) is 0.149. The first kappa shape index (κ1) is 27.7. The second-order valence-electron chi connectivity index (χ2n) is 7.77. The Morgan fingerprint density at radius 1 is 1.08 bits per heavy atom. The van der Waals surface area contributed by atoms with Gasteiger partial charge in [-0.3, -0.25) is 10.1 Å². The van der Waals surface area contributed by atoms with E-state index in [4.69, 9.17) is 25.3 Å². The predicted octanol–water partition coefficient (Wildman–Crippen LogP) is 5.79. The summed E-state index contributed by atoms with van der Waals surface area (Å²) in [5.74, 6) is -0.462. The summed E-state index contributed by atoms with van der Waals surface area (Å²) in [6.07, 6.45) is 1.29. The maximum absolute atomic E-state index is 12.8. The number of anilines is 1. The number of nitrogens with one attached hydrogen (secondary N) is 1. The number of halogens is 1. The fourth-order valence-electron chi connectivity index (χ4n) is 3.36. The molecule has 198 valence electrons. The van der Waals surface area contributed by atoms with Crippen LogP contribution in [0.25, 0.3) is 17.3 Å². The van der Waals surface area contributed by atoms with E-state index in [1.54, 1.807) is 5.38 Å². The lowest BCUT2D eigenvalue weighted by Crippen LogP contribution is -2.13. The van der Waals surface area contributed by atoms with E-state index >= 15 is 0 Å². The molecule has 0 unspecified atom stereocenters. The summed E-state index contributed by atoms with van der Waals surface area (Å²) < 4.78 is 41.2. The van der Waals surface area contributed by atoms with Crippen molar-refractivity contribution >= 4 is 50.2 Å². The molecule has 0 bridgehead atoms. The fraction of sp³-hybridized carbons (Fsp3) is 0.0741. The van der Waals surface area contributed by atoms with Gasteiger partial charge in [-0.15, -0.1) is 11.3 Å². The molecule has 1 N–H and O–H groups in total. The van der Waals surface area contributed by atoms with Crippen LogP contribution in [0.5, 0.6) is 17.2 Å². The number of benzene rings is 3. The predicted molar refractivity (Wildman–Crippen MR) is 149 cm³/mol. The van der Waals surface area contributed by atoms with Crippen molar-refractivity contribution in [3.8, 4) is 34.6 Å². The summed E-state index contributed by atoms with van der Waals surface area (Å²) >= 11 is 7.56. The van der Waals surface area contributed by atoms with Crippen LogP contribution in [0.4, 0.5) is 5.13 Å². The van der Waals surface area contributed by atoms with Crippen molar-refractivity contribution in [3.05, 3.63) is 88.3 Å². The van der Waals surface area contributed by atoms with Gasteiger partial charge in [0.1, 0.15) is 22.3 Å². The third-order valence-corrected chi connectivity index (χ3v) is 7.54. The van der Waals surface area contributed by atoms with E-state index in [1.807, 2.05) is 36.4 Å². The van der Waals surface area contributed by atoms with E-state index in [-0.39, 0.29) is 27.0 Å². The molecule has 12 heteroatoms. The third kappa shape index (κ3) is 6.56. The highest BCUT2D eigenvalue weighted by Gasteiger charge is 2.23. The van der Waals surface area contributed by atoms with Crippen molar-refractivity contribution in [2.24, 2.45) is 0 Å². The van der Waals surface area contributed by atoms with E-state index in [0.717, 1.165) is 5.56 Å². The largest absolute Gasteiger partial charge is 0.497 e. The van der Waals surface area contributed by atoms with Gasteiger partial charge in [-0.2, -0.15) is 13.7 Å². The second kappa shape index (κ2) is 12.0. The van der Waals surface area contributed by atoms with Crippen molar-refractivity contribution in [2.75, 3.05) is 19.5 Å². The Labute approximate surface area is 234 Å². The maximum Gasteiger partial charge on any atom is 0.339 e. The van der Waals surface area contributed by atoms with Crippen LogP contribution in [-0.2, 0) is 14.9 Å². The van der Waals surface area contributed by atoms with Crippen molar-refractivity contribution in [1.82, 2.24) is 4.98 Å². The molecule has 0 aliphatic carbocycles. The van der Waals surface area contributed by atoms with Crippen molar-refractivity contribution < 1.29 is 26.9 Å². The summed E-state index contributed by atoms with van der Waals surface area (Å²) in [7, 11) is -1.49. The lowest BCUT2D eigenvalue weighted by atomic mass is 10.1. The van der Waals surface area contributed by atoms with Gasteiger partial charge >= 0.3 is 10.1 Å². The van der Waals surface area contributed by atoms with Crippen LogP contribution in [0.3, 0.4) is 0 Å². The first-order valence-corrected chi connectivity index (χ1v) is 13.8. The number of hydrogen-bond donors (Lipinski definition) is 1. The lowest BCUT2D eigenvalue weighted by Gasteiger charge is -2.13. The highest BCUT2D eigenvalue weighted by Crippen LogP contribution is 2.39. The van der Waals surface area contributed by atoms with Gasteiger partial charge in [0.25, 0.3) is 5.91 Å². The number of amides is 1. The molecule has 0 atom stereocenters. The Morgan fingerprint density at radius 2 is 1.79 bits per heavy atom. The van der Waals surface area contributed by atoms with Crippen LogP contribution in [0.1, 0.15) is 5.56 Å². The number of nitriles is 1. The number of rotatable bonds is 9. The second-order valence-corrected chi connectivity index (χ2v) is 10.6. The van der Waals surface area contributed by atoms with Crippen LogP contribution in [0, 0.1) is 11.3 Å². The van der Waals surface area contributed by atoms with Crippen LogP contribution >= 0.6 is 22.9 Å². The summed E-state index contributed by atoms with van der Waals surface area (Å²) in [4.78, 5) is 17.1. The maximum atomic E-state index is 12.8. The summed E-state index contributed by atoms with van der Waals surface area (Å²) in [6, 6.07) is 19.7. The topological polar surface area (TPSA) is 128 Å². The molecule has 0 fully saturated rings. The highest BCUT2D eigenvalue weighted by molar-refractivity contribution is 7.87. The Morgan fingerprint density at radius 3 is 2.44 bits per heavy atom.